The molecular formula is C31H34FN7O5. The van der Waals surface area contributed by atoms with Crippen molar-refractivity contribution >= 4 is 34.2 Å². The third-order valence-corrected chi connectivity index (χ3v) is 7.51. The second kappa shape index (κ2) is 13.0. The highest BCUT2D eigenvalue weighted by molar-refractivity contribution is 6.03. The van der Waals surface area contributed by atoms with E-state index in [4.69, 9.17) is 20.2 Å². The van der Waals surface area contributed by atoms with E-state index in [1.54, 1.807) is 49.4 Å². The van der Waals surface area contributed by atoms with E-state index in [1.807, 2.05) is 9.91 Å². The highest BCUT2D eigenvalue weighted by atomic mass is 19.1. The fourth-order valence-corrected chi connectivity index (χ4v) is 5.31. The number of hydrogen-bond donors (Lipinski definition) is 2. The molecule has 0 saturated carbocycles. The molecule has 0 bridgehead atoms. The SMILES string of the molecule is COc1ccc(N(C(=O)Nc2ccc(F)cc2)C(C)c2nc3ccccc3c(=O)n2N2CCN(CC(N)=O)CC2)c(OC)c1. The van der Waals surface area contributed by atoms with Gasteiger partial charge in [-0.1, -0.05) is 12.1 Å². The molecule has 0 spiro atoms. The molecule has 3 amide bonds. The van der Waals surface area contributed by atoms with Crippen molar-refractivity contribution in [2.75, 3.05) is 62.2 Å². The van der Waals surface area contributed by atoms with Crippen LogP contribution in [0.25, 0.3) is 10.9 Å². The van der Waals surface area contributed by atoms with Gasteiger partial charge in [0.15, 0.2) is 5.82 Å². The van der Waals surface area contributed by atoms with E-state index < -0.39 is 23.8 Å². The van der Waals surface area contributed by atoms with Gasteiger partial charge in [-0.05, 0) is 55.5 Å². The number of benzene rings is 3. The average molecular weight is 604 g/mol. The van der Waals surface area contributed by atoms with Crippen LogP contribution < -0.4 is 36.0 Å². The van der Waals surface area contributed by atoms with Crippen LogP contribution in [0.2, 0.25) is 0 Å². The van der Waals surface area contributed by atoms with Crippen molar-refractivity contribution in [2.45, 2.75) is 13.0 Å². The molecule has 4 aromatic rings. The van der Waals surface area contributed by atoms with E-state index in [0.717, 1.165) is 0 Å². The third-order valence-electron chi connectivity index (χ3n) is 7.51. The summed E-state index contributed by atoms with van der Waals surface area (Å²) in [5.74, 6) is 0.315. The Labute approximate surface area is 253 Å². The lowest BCUT2D eigenvalue weighted by molar-refractivity contribution is -0.119. The monoisotopic (exact) mass is 603 g/mol. The van der Waals surface area contributed by atoms with E-state index in [9.17, 15) is 18.8 Å². The number of nitrogens with two attached hydrogens (primary N) is 1. The number of halogens is 1. The minimum absolute atomic E-state index is 0.122. The topological polar surface area (TPSA) is 135 Å². The lowest BCUT2D eigenvalue weighted by Gasteiger charge is -2.39. The Balaban J connectivity index is 1.63. The van der Waals surface area contributed by atoms with Crippen molar-refractivity contribution in [1.29, 1.82) is 0 Å². The smallest absolute Gasteiger partial charge is 0.327 e. The molecule has 230 valence electrons. The number of methoxy groups -OCH3 is 2. The minimum Gasteiger partial charge on any atom is -0.497 e. The van der Waals surface area contributed by atoms with Gasteiger partial charge < -0.3 is 25.5 Å². The van der Waals surface area contributed by atoms with Crippen LogP contribution in [0.15, 0.2) is 71.5 Å². The van der Waals surface area contributed by atoms with Gasteiger partial charge in [0.25, 0.3) is 5.56 Å². The number of nitrogens with zero attached hydrogens (tertiary/aromatic N) is 5. The average Bonchev–Trinajstić information content (AvgIpc) is 3.02. The minimum atomic E-state index is -0.821. The summed E-state index contributed by atoms with van der Waals surface area (Å²) in [6, 6.07) is 16.1. The first-order valence-corrected chi connectivity index (χ1v) is 14.1. The van der Waals surface area contributed by atoms with E-state index in [0.29, 0.717) is 65.8 Å². The van der Waals surface area contributed by atoms with Gasteiger partial charge in [0.2, 0.25) is 5.91 Å². The van der Waals surface area contributed by atoms with Gasteiger partial charge >= 0.3 is 6.03 Å². The molecule has 1 aliphatic rings. The lowest BCUT2D eigenvalue weighted by atomic mass is 10.1. The Morgan fingerprint density at radius 3 is 2.39 bits per heavy atom. The van der Waals surface area contributed by atoms with Crippen molar-refractivity contribution in [2.24, 2.45) is 5.73 Å². The largest absolute Gasteiger partial charge is 0.497 e. The zero-order valence-corrected chi connectivity index (χ0v) is 24.7. The van der Waals surface area contributed by atoms with Crippen molar-refractivity contribution in [1.82, 2.24) is 14.6 Å². The quantitative estimate of drug-likeness (QED) is 0.298. The Morgan fingerprint density at radius 2 is 1.73 bits per heavy atom. The zero-order chi connectivity index (χ0) is 31.4. The summed E-state index contributed by atoms with van der Waals surface area (Å²) >= 11 is 0. The van der Waals surface area contributed by atoms with Crippen LogP contribution >= 0.6 is 0 Å². The van der Waals surface area contributed by atoms with E-state index >= 15 is 0 Å². The number of piperazine rings is 1. The number of carbonyl (C=O) groups is 2. The molecule has 2 heterocycles. The zero-order valence-electron chi connectivity index (χ0n) is 24.7. The van der Waals surface area contributed by atoms with Gasteiger partial charge in [0.1, 0.15) is 17.3 Å². The van der Waals surface area contributed by atoms with Crippen LogP contribution in [0.1, 0.15) is 18.8 Å². The maximum Gasteiger partial charge on any atom is 0.327 e. The second-order valence-electron chi connectivity index (χ2n) is 10.3. The molecule has 1 aromatic heterocycles. The number of nitrogens with one attached hydrogen (secondary N) is 1. The van der Waals surface area contributed by atoms with Crippen LogP contribution in [0.3, 0.4) is 0 Å². The van der Waals surface area contributed by atoms with Gasteiger partial charge in [0, 0.05) is 37.9 Å². The van der Waals surface area contributed by atoms with Crippen LogP contribution in [0.4, 0.5) is 20.6 Å². The molecule has 1 unspecified atom stereocenters. The number of aromatic nitrogens is 2. The number of carbonyl (C=O) groups excluding carboxylic acids is 2. The van der Waals surface area contributed by atoms with Gasteiger partial charge in [-0.2, -0.15) is 0 Å². The van der Waals surface area contributed by atoms with Gasteiger partial charge in [-0.25, -0.2) is 18.8 Å². The number of para-hydroxylation sites is 1. The summed E-state index contributed by atoms with van der Waals surface area (Å²) in [4.78, 5) is 47.9. The number of hydrogen-bond acceptors (Lipinski definition) is 8. The maximum atomic E-state index is 14.1. The number of primary amides is 1. The number of ether oxygens (including phenoxy) is 2. The van der Waals surface area contributed by atoms with Crippen molar-refractivity contribution in [3.63, 3.8) is 0 Å². The van der Waals surface area contributed by atoms with Crippen molar-refractivity contribution in [3.05, 3.63) is 88.7 Å². The Kier molecular flexibility index (Phi) is 8.95. The van der Waals surface area contributed by atoms with E-state index in [1.165, 1.54) is 48.1 Å². The first-order valence-electron chi connectivity index (χ1n) is 14.1. The third kappa shape index (κ3) is 6.27. The molecule has 0 radical (unpaired) electrons. The summed E-state index contributed by atoms with van der Waals surface area (Å²) in [6.45, 7) is 3.72. The second-order valence-corrected chi connectivity index (χ2v) is 10.3. The van der Waals surface area contributed by atoms with Crippen molar-refractivity contribution in [3.8, 4) is 11.5 Å². The lowest BCUT2D eigenvalue weighted by Crippen LogP contribution is -2.56. The molecule has 3 aromatic carbocycles. The molecule has 1 saturated heterocycles. The molecule has 1 aliphatic heterocycles. The van der Waals surface area contributed by atoms with Crippen LogP contribution in [-0.2, 0) is 4.79 Å². The number of urea groups is 1. The normalized spacial score (nSPS) is 14.2. The molecule has 12 nitrogen and oxygen atoms in total. The molecule has 5 rings (SSSR count). The fraction of sp³-hybridized carbons (Fsp3) is 0.290. The van der Waals surface area contributed by atoms with Crippen molar-refractivity contribution < 1.29 is 23.5 Å². The van der Waals surface area contributed by atoms with Crippen LogP contribution in [-0.4, -0.2) is 73.4 Å². The maximum absolute atomic E-state index is 14.1. The molecule has 1 atom stereocenters. The summed E-state index contributed by atoms with van der Waals surface area (Å²) in [5, 5.41) is 5.12. The Hall–Kier alpha value is -5.17. The highest BCUT2D eigenvalue weighted by Crippen LogP contribution is 2.37. The number of rotatable bonds is 9. The molecule has 44 heavy (non-hydrogen) atoms. The number of fused-ring (bicyclic) bond motifs is 1. The van der Waals surface area contributed by atoms with Crippen LogP contribution in [0.5, 0.6) is 11.5 Å². The predicted octanol–water partition coefficient (Wildman–Crippen LogP) is 3.09. The molecule has 13 heteroatoms. The first-order chi connectivity index (χ1) is 21.2. The standard InChI is InChI=1S/C31H34FN7O5/c1-20(38(26-13-12-23(43-2)18-27(26)44-3)31(42)34-22-10-8-21(32)9-11-22)29-35-25-7-5-4-6-24(25)30(41)39(29)37-16-14-36(15-17-37)19-28(33)40/h4-13,18,20H,14-17,19H2,1-3H3,(H2,33,40)(H,34,42). The highest BCUT2D eigenvalue weighted by Gasteiger charge is 2.32. The summed E-state index contributed by atoms with van der Waals surface area (Å²) < 4.78 is 26.2. The molecule has 3 N–H and O–H groups in total. The number of amides is 3. The first kappa shape index (κ1) is 30.3. The van der Waals surface area contributed by atoms with E-state index in [2.05, 4.69) is 5.32 Å². The summed E-state index contributed by atoms with van der Waals surface area (Å²) in [6.07, 6.45) is 0. The Morgan fingerprint density at radius 1 is 1.02 bits per heavy atom. The van der Waals surface area contributed by atoms with Gasteiger partial charge in [0.05, 0.1) is 43.4 Å². The van der Waals surface area contributed by atoms with E-state index in [-0.39, 0.29) is 12.1 Å². The summed E-state index contributed by atoms with van der Waals surface area (Å²) in [5.41, 5.74) is 6.35. The van der Waals surface area contributed by atoms with Gasteiger partial charge in [-0.15, -0.1) is 0 Å². The molecule has 1 fully saturated rings. The molecular weight excluding hydrogens is 569 g/mol. The fourth-order valence-electron chi connectivity index (χ4n) is 5.31. The van der Waals surface area contributed by atoms with Crippen LogP contribution in [0, 0.1) is 5.82 Å². The Bertz CT molecular complexity index is 1720. The summed E-state index contributed by atoms with van der Waals surface area (Å²) in [7, 11) is 3.01. The predicted molar refractivity (Wildman–Crippen MR) is 165 cm³/mol. The van der Waals surface area contributed by atoms with Gasteiger partial charge in [-0.3, -0.25) is 19.4 Å². The number of anilines is 2. The molecule has 0 aliphatic carbocycles.